The Hall–Kier alpha value is -1.55. The molecule has 100 valence electrons. The first-order valence-corrected chi connectivity index (χ1v) is 6.26. The van der Waals surface area contributed by atoms with Gasteiger partial charge < -0.3 is 15.2 Å². The summed E-state index contributed by atoms with van der Waals surface area (Å²) in [6, 6.07) is 9.16. The summed E-state index contributed by atoms with van der Waals surface area (Å²) in [4.78, 5) is 11.5. The Morgan fingerprint density at radius 3 is 2.67 bits per heavy atom. The summed E-state index contributed by atoms with van der Waals surface area (Å²) in [7, 11) is 0. The maximum atomic E-state index is 11.5. The van der Waals surface area contributed by atoms with Gasteiger partial charge in [0.05, 0.1) is 6.10 Å². The van der Waals surface area contributed by atoms with Gasteiger partial charge in [-0.2, -0.15) is 0 Å². The third kappa shape index (κ3) is 5.19. The smallest absolute Gasteiger partial charge is 0.258 e. The van der Waals surface area contributed by atoms with Gasteiger partial charge in [0.1, 0.15) is 5.75 Å². The maximum absolute atomic E-state index is 11.5. The first-order chi connectivity index (χ1) is 8.63. The number of hydrogen-bond acceptors (Lipinski definition) is 3. The van der Waals surface area contributed by atoms with E-state index < -0.39 is 6.10 Å². The van der Waals surface area contributed by atoms with Crippen LogP contribution in [0.2, 0.25) is 0 Å². The molecule has 0 aliphatic carbocycles. The molecule has 1 aromatic rings. The molecule has 0 aliphatic rings. The molecule has 0 fully saturated rings. The van der Waals surface area contributed by atoms with E-state index in [1.807, 2.05) is 32.0 Å². The zero-order chi connectivity index (χ0) is 13.4. The third-order valence-corrected chi connectivity index (χ3v) is 2.92. The third-order valence-electron chi connectivity index (χ3n) is 2.92. The van der Waals surface area contributed by atoms with Gasteiger partial charge in [0, 0.05) is 6.54 Å². The highest BCUT2D eigenvalue weighted by Gasteiger charge is 2.13. The normalized spacial score (nSPS) is 13.7. The Labute approximate surface area is 108 Å². The van der Waals surface area contributed by atoms with Crippen LogP contribution in [0.1, 0.15) is 20.3 Å². The predicted molar refractivity (Wildman–Crippen MR) is 70.4 cm³/mol. The molecule has 0 unspecified atom stereocenters. The topological polar surface area (TPSA) is 58.6 Å². The van der Waals surface area contributed by atoms with E-state index in [1.54, 1.807) is 12.1 Å². The first kappa shape index (κ1) is 14.5. The summed E-state index contributed by atoms with van der Waals surface area (Å²) in [5.41, 5.74) is 0. The first-order valence-electron chi connectivity index (χ1n) is 6.26. The number of para-hydroxylation sites is 1. The molecule has 4 nitrogen and oxygen atoms in total. The number of nitrogens with one attached hydrogen (secondary N) is 1. The van der Waals surface area contributed by atoms with Crippen molar-refractivity contribution in [1.82, 2.24) is 5.32 Å². The molecule has 2 atom stereocenters. The van der Waals surface area contributed by atoms with Crippen LogP contribution in [0.5, 0.6) is 5.75 Å². The van der Waals surface area contributed by atoms with Crippen molar-refractivity contribution < 1.29 is 14.6 Å². The fraction of sp³-hybridized carbons (Fsp3) is 0.500. The van der Waals surface area contributed by atoms with Crippen LogP contribution in [0.25, 0.3) is 0 Å². The SMILES string of the molecule is CC[C@H](C)[C@@H](O)CNC(=O)COc1ccccc1. The van der Waals surface area contributed by atoms with Crippen molar-refractivity contribution in [2.45, 2.75) is 26.4 Å². The van der Waals surface area contributed by atoms with E-state index in [4.69, 9.17) is 4.74 Å². The highest BCUT2D eigenvalue weighted by Crippen LogP contribution is 2.08. The lowest BCUT2D eigenvalue weighted by molar-refractivity contribution is -0.123. The van der Waals surface area contributed by atoms with E-state index in [9.17, 15) is 9.90 Å². The molecule has 0 heterocycles. The fourth-order valence-corrected chi connectivity index (χ4v) is 1.41. The highest BCUT2D eigenvalue weighted by molar-refractivity contribution is 5.77. The van der Waals surface area contributed by atoms with Gasteiger partial charge in [0.15, 0.2) is 6.61 Å². The molecule has 0 bridgehead atoms. The van der Waals surface area contributed by atoms with Crippen LogP contribution in [0.3, 0.4) is 0 Å². The lowest BCUT2D eigenvalue weighted by atomic mass is 10.0. The minimum atomic E-state index is -0.504. The Morgan fingerprint density at radius 1 is 1.39 bits per heavy atom. The summed E-state index contributed by atoms with van der Waals surface area (Å²) >= 11 is 0. The number of benzene rings is 1. The van der Waals surface area contributed by atoms with Crippen molar-refractivity contribution in [3.8, 4) is 5.75 Å². The summed E-state index contributed by atoms with van der Waals surface area (Å²) < 4.78 is 5.29. The van der Waals surface area contributed by atoms with Crippen molar-refractivity contribution in [1.29, 1.82) is 0 Å². The van der Waals surface area contributed by atoms with Gasteiger partial charge in [-0.3, -0.25) is 4.79 Å². The molecule has 1 aromatic carbocycles. The lowest BCUT2D eigenvalue weighted by Crippen LogP contribution is -2.37. The monoisotopic (exact) mass is 251 g/mol. The van der Waals surface area contributed by atoms with Crippen molar-refractivity contribution >= 4 is 5.91 Å². The molecule has 0 spiro atoms. The van der Waals surface area contributed by atoms with Crippen LogP contribution < -0.4 is 10.1 Å². The van der Waals surface area contributed by atoms with E-state index in [-0.39, 0.29) is 25.0 Å². The van der Waals surface area contributed by atoms with E-state index in [2.05, 4.69) is 5.32 Å². The van der Waals surface area contributed by atoms with Gasteiger partial charge in [-0.15, -0.1) is 0 Å². The summed E-state index contributed by atoms with van der Waals surface area (Å²) in [5, 5.41) is 12.4. The molecule has 0 saturated heterocycles. The second-order valence-corrected chi connectivity index (χ2v) is 4.36. The zero-order valence-electron chi connectivity index (χ0n) is 10.9. The van der Waals surface area contributed by atoms with Gasteiger partial charge in [-0.1, -0.05) is 38.5 Å². The van der Waals surface area contributed by atoms with Gasteiger partial charge in [-0.05, 0) is 18.1 Å². The zero-order valence-corrected chi connectivity index (χ0v) is 10.9. The van der Waals surface area contributed by atoms with Crippen molar-refractivity contribution in [2.24, 2.45) is 5.92 Å². The van der Waals surface area contributed by atoms with Gasteiger partial charge in [-0.25, -0.2) is 0 Å². The maximum Gasteiger partial charge on any atom is 0.258 e. The summed E-state index contributed by atoms with van der Waals surface area (Å²) in [5.74, 6) is 0.622. The van der Waals surface area contributed by atoms with Crippen molar-refractivity contribution in [2.75, 3.05) is 13.2 Å². The summed E-state index contributed by atoms with van der Waals surface area (Å²) in [6.07, 6.45) is 0.382. The van der Waals surface area contributed by atoms with Crippen LogP contribution in [0.4, 0.5) is 0 Å². The molecule has 0 aliphatic heterocycles. The Kier molecular flexibility index (Phi) is 6.22. The van der Waals surface area contributed by atoms with E-state index >= 15 is 0 Å². The second kappa shape index (κ2) is 7.71. The van der Waals surface area contributed by atoms with Crippen LogP contribution >= 0.6 is 0 Å². The van der Waals surface area contributed by atoms with Gasteiger partial charge in [0.2, 0.25) is 0 Å². The van der Waals surface area contributed by atoms with E-state index in [0.717, 1.165) is 6.42 Å². The average Bonchev–Trinajstić information content (AvgIpc) is 2.42. The van der Waals surface area contributed by atoms with Crippen LogP contribution in [0.15, 0.2) is 30.3 Å². The van der Waals surface area contributed by atoms with Crippen molar-refractivity contribution in [3.63, 3.8) is 0 Å². The van der Waals surface area contributed by atoms with Crippen LogP contribution in [-0.4, -0.2) is 30.3 Å². The quantitative estimate of drug-likeness (QED) is 0.773. The molecule has 1 amide bonds. The Bertz CT molecular complexity index is 353. The Morgan fingerprint density at radius 2 is 2.06 bits per heavy atom. The standard InChI is InChI=1S/C14H21NO3/c1-3-11(2)13(16)9-15-14(17)10-18-12-7-5-4-6-8-12/h4-8,11,13,16H,3,9-10H2,1-2H3,(H,15,17)/t11-,13-/m0/s1. The highest BCUT2D eigenvalue weighted by atomic mass is 16.5. The molecule has 2 N–H and O–H groups in total. The fourth-order valence-electron chi connectivity index (χ4n) is 1.41. The largest absolute Gasteiger partial charge is 0.484 e. The predicted octanol–water partition coefficient (Wildman–Crippen LogP) is 1.59. The van der Waals surface area contributed by atoms with Gasteiger partial charge in [0.25, 0.3) is 5.91 Å². The van der Waals surface area contributed by atoms with E-state index in [0.29, 0.717) is 5.75 Å². The number of carbonyl (C=O) groups excluding carboxylic acids is 1. The Balaban J connectivity index is 2.22. The molecule has 0 radical (unpaired) electrons. The number of amides is 1. The molecule has 0 aromatic heterocycles. The average molecular weight is 251 g/mol. The minimum Gasteiger partial charge on any atom is -0.484 e. The number of aliphatic hydroxyl groups excluding tert-OH is 1. The lowest BCUT2D eigenvalue weighted by Gasteiger charge is -2.17. The summed E-state index contributed by atoms with van der Waals surface area (Å²) in [6.45, 7) is 4.20. The second-order valence-electron chi connectivity index (χ2n) is 4.36. The van der Waals surface area contributed by atoms with Crippen LogP contribution in [0, 0.1) is 5.92 Å². The molecule has 4 heteroatoms. The van der Waals surface area contributed by atoms with Gasteiger partial charge >= 0.3 is 0 Å². The molecule has 0 saturated carbocycles. The number of aliphatic hydroxyl groups is 1. The van der Waals surface area contributed by atoms with E-state index in [1.165, 1.54) is 0 Å². The molecule has 18 heavy (non-hydrogen) atoms. The molecular formula is C14H21NO3. The molecule has 1 rings (SSSR count). The molecular weight excluding hydrogens is 230 g/mol. The minimum absolute atomic E-state index is 0.0305. The van der Waals surface area contributed by atoms with Crippen molar-refractivity contribution in [3.05, 3.63) is 30.3 Å². The van der Waals surface area contributed by atoms with Crippen LogP contribution in [-0.2, 0) is 4.79 Å². The number of hydrogen-bond donors (Lipinski definition) is 2. The number of carbonyl (C=O) groups is 1. The number of rotatable bonds is 7. The number of ether oxygens (including phenoxy) is 1.